The summed E-state index contributed by atoms with van der Waals surface area (Å²) < 4.78 is 31.0. The van der Waals surface area contributed by atoms with Gasteiger partial charge < -0.3 is 4.74 Å². The van der Waals surface area contributed by atoms with Gasteiger partial charge in [0.25, 0.3) is 0 Å². The normalized spacial score (nSPS) is 25.0. The van der Waals surface area contributed by atoms with Crippen LogP contribution in [0.5, 0.6) is 0 Å². The molecule has 0 spiro atoms. The Morgan fingerprint density at radius 3 is 2.50 bits per heavy atom. The first kappa shape index (κ1) is 9.83. The van der Waals surface area contributed by atoms with E-state index >= 15 is 0 Å². The van der Waals surface area contributed by atoms with Gasteiger partial charge in [-0.3, -0.25) is 0 Å². The van der Waals surface area contributed by atoms with E-state index < -0.39 is 6.17 Å². The molecule has 0 aliphatic carbocycles. The Labute approximate surface area is 70.9 Å². The van der Waals surface area contributed by atoms with Gasteiger partial charge in [-0.05, 0) is 7.05 Å². The van der Waals surface area contributed by atoms with Gasteiger partial charge in [0.2, 0.25) is 0 Å². The van der Waals surface area contributed by atoms with Crippen LogP contribution in [0, 0.1) is 0 Å². The van der Waals surface area contributed by atoms with E-state index in [0.717, 1.165) is 9.80 Å². The second kappa shape index (κ2) is 3.64. The van der Waals surface area contributed by atoms with Crippen LogP contribution in [0.3, 0.4) is 0 Å². The first-order chi connectivity index (χ1) is 5.59. The van der Waals surface area contributed by atoms with Gasteiger partial charge in [0.15, 0.2) is 0 Å². The van der Waals surface area contributed by atoms with Crippen molar-refractivity contribution in [2.45, 2.75) is 6.17 Å². The Balaban J connectivity index is 2.44. The highest BCUT2D eigenvalue weighted by molar-refractivity contribution is 4.77. The lowest BCUT2D eigenvalue weighted by atomic mass is 10.5. The first-order valence-corrected chi connectivity index (χ1v) is 3.92. The molecule has 0 N–H and O–H groups in total. The summed E-state index contributed by atoms with van der Waals surface area (Å²) in [6.45, 7) is 1.46. The largest absolute Gasteiger partial charge is 0.383 e. The molecule has 1 fully saturated rings. The molecule has 0 radical (unpaired) electrons. The van der Waals surface area contributed by atoms with Crippen molar-refractivity contribution in [1.29, 1.82) is 0 Å². The molecule has 0 aromatic carbocycles. The van der Waals surface area contributed by atoms with Crippen molar-refractivity contribution in [3.8, 4) is 0 Å². The molecule has 0 atom stereocenters. The Hall–Kier alpha value is -0.260. The summed E-state index contributed by atoms with van der Waals surface area (Å²) in [5, 5.41) is 0. The molecule has 0 aromatic rings. The number of likely N-dealkylation sites (N-methyl/N-ethyl adjacent to an activating group) is 1. The van der Waals surface area contributed by atoms with Gasteiger partial charge in [0.05, 0.1) is 6.61 Å². The number of ether oxygens (including phenoxy) is 1. The molecule has 1 saturated heterocycles. The number of nitrogens with zero attached hydrogens (tertiary/aromatic N) is 2. The lowest BCUT2D eigenvalue weighted by Gasteiger charge is -2.26. The molecule has 5 heteroatoms. The highest BCUT2D eigenvalue weighted by atomic mass is 19.3. The lowest BCUT2D eigenvalue weighted by molar-refractivity contribution is -0.204. The first-order valence-electron chi connectivity index (χ1n) is 3.92. The second-order valence-electron chi connectivity index (χ2n) is 2.91. The Kier molecular flexibility index (Phi) is 2.98. The number of rotatable bonds is 3. The predicted molar refractivity (Wildman–Crippen MR) is 41.0 cm³/mol. The van der Waals surface area contributed by atoms with Gasteiger partial charge in [-0.25, -0.2) is 9.80 Å². The van der Waals surface area contributed by atoms with Crippen LogP contribution >= 0.6 is 0 Å². The quantitative estimate of drug-likeness (QED) is 0.586. The molecule has 0 unspecified atom stereocenters. The molecule has 0 amide bonds. The number of alkyl halides is 2. The minimum Gasteiger partial charge on any atom is -0.383 e. The van der Waals surface area contributed by atoms with Crippen molar-refractivity contribution < 1.29 is 13.5 Å². The smallest absolute Gasteiger partial charge is 0.369 e. The summed E-state index contributed by atoms with van der Waals surface area (Å²) in [5.41, 5.74) is 0. The highest BCUT2D eigenvalue weighted by Crippen LogP contribution is 2.27. The number of hydrogen-bond acceptors (Lipinski definition) is 3. The molecule has 1 rings (SSSR count). The van der Waals surface area contributed by atoms with Gasteiger partial charge in [-0.2, -0.15) is 8.78 Å². The highest BCUT2D eigenvalue weighted by Gasteiger charge is 2.46. The number of hydrogen-bond donors (Lipinski definition) is 0. The van der Waals surface area contributed by atoms with E-state index in [1.807, 2.05) is 0 Å². The van der Waals surface area contributed by atoms with Gasteiger partial charge >= 0.3 is 6.17 Å². The molecule has 0 saturated carbocycles. The maximum atomic E-state index is 13.1. The van der Waals surface area contributed by atoms with Crippen LogP contribution < -0.4 is 0 Å². The van der Waals surface area contributed by atoms with E-state index in [-0.39, 0.29) is 6.54 Å². The molecule has 1 aliphatic rings. The van der Waals surface area contributed by atoms with Gasteiger partial charge in [0.1, 0.15) is 0 Å². The van der Waals surface area contributed by atoms with Gasteiger partial charge in [0, 0.05) is 26.7 Å². The zero-order valence-electron chi connectivity index (χ0n) is 7.39. The van der Waals surface area contributed by atoms with Crippen molar-refractivity contribution >= 4 is 0 Å². The van der Waals surface area contributed by atoms with E-state index in [1.54, 1.807) is 0 Å². The van der Waals surface area contributed by atoms with Crippen molar-refractivity contribution in [1.82, 2.24) is 9.80 Å². The summed E-state index contributed by atoms with van der Waals surface area (Å²) >= 11 is 0. The maximum Gasteiger partial charge on any atom is 0.369 e. The molecule has 72 valence electrons. The fourth-order valence-electron chi connectivity index (χ4n) is 1.23. The predicted octanol–water partition coefficient (Wildman–Crippen LogP) is 0.430. The van der Waals surface area contributed by atoms with Crippen LogP contribution in [0.25, 0.3) is 0 Å². The third-order valence-corrected chi connectivity index (χ3v) is 2.11. The summed E-state index contributed by atoms with van der Waals surface area (Å²) in [5.74, 6) is 0. The van der Waals surface area contributed by atoms with E-state index in [1.165, 1.54) is 14.2 Å². The van der Waals surface area contributed by atoms with Gasteiger partial charge in [-0.15, -0.1) is 0 Å². The van der Waals surface area contributed by atoms with Gasteiger partial charge in [-0.1, -0.05) is 0 Å². The van der Waals surface area contributed by atoms with Crippen LogP contribution in [0.2, 0.25) is 0 Å². The Bertz CT molecular complexity index is 154. The zero-order valence-corrected chi connectivity index (χ0v) is 7.39. The minimum absolute atomic E-state index is 0.286. The molecule has 1 aliphatic heterocycles. The Morgan fingerprint density at radius 2 is 2.08 bits per heavy atom. The molecule has 3 nitrogen and oxygen atoms in total. The monoisotopic (exact) mass is 180 g/mol. The average molecular weight is 180 g/mol. The number of halogens is 2. The molecular weight excluding hydrogens is 166 g/mol. The second-order valence-corrected chi connectivity index (χ2v) is 2.91. The van der Waals surface area contributed by atoms with Crippen LogP contribution in [-0.4, -0.2) is 56.4 Å². The standard InChI is InChI=1S/C7H14F2N2O/c1-10-3-4-11(5-6-12-2)7(10,8)9/h3-6H2,1-2H3. The molecular formula is C7H14F2N2O. The summed E-state index contributed by atoms with van der Waals surface area (Å²) in [7, 11) is 2.94. The van der Waals surface area contributed by atoms with E-state index in [2.05, 4.69) is 0 Å². The fraction of sp³-hybridized carbons (Fsp3) is 1.00. The third kappa shape index (κ3) is 1.73. The molecule has 1 heterocycles. The van der Waals surface area contributed by atoms with Crippen molar-refractivity contribution in [3.63, 3.8) is 0 Å². The van der Waals surface area contributed by atoms with Crippen LogP contribution in [0.4, 0.5) is 8.78 Å². The summed E-state index contributed by atoms with van der Waals surface area (Å²) in [6.07, 6.45) is -2.79. The topological polar surface area (TPSA) is 15.7 Å². The third-order valence-electron chi connectivity index (χ3n) is 2.11. The van der Waals surface area contributed by atoms with Crippen molar-refractivity contribution in [3.05, 3.63) is 0 Å². The van der Waals surface area contributed by atoms with Crippen molar-refractivity contribution in [2.24, 2.45) is 0 Å². The zero-order chi connectivity index (χ0) is 9.19. The van der Waals surface area contributed by atoms with Crippen LogP contribution in [0.1, 0.15) is 0 Å². The minimum atomic E-state index is -2.79. The van der Waals surface area contributed by atoms with E-state index in [9.17, 15) is 8.78 Å². The van der Waals surface area contributed by atoms with Crippen LogP contribution in [-0.2, 0) is 4.74 Å². The number of methoxy groups -OCH3 is 1. The summed E-state index contributed by atoms with van der Waals surface area (Å²) in [6, 6.07) is 0. The van der Waals surface area contributed by atoms with E-state index in [0.29, 0.717) is 19.7 Å². The SMILES string of the molecule is COCCN1CCN(C)C1(F)F. The maximum absolute atomic E-state index is 13.1. The van der Waals surface area contributed by atoms with Crippen molar-refractivity contribution in [2.75, 3.05) is 40.4 Å². The lowest BCUT2D eigenvalue weighted by Crippen LogP contribution is -2.45. The average Bonchev–Trinajstić information content (AvgIpc) is 2.25. The van der Waals surface area contributed by atoms with E-state index in [4.69, 9.17) is 4.74 Å². The molecule has 0 aromatic heterocycles. The molecule has 12 heavy (non-hydrogen) atoms. The van der Waals surface area contributed by atoms with Crippen LogP contribution in [0.15, 0.2) is 0 Å². The Morgan fingerprint density at radius 1 is 1.42 bits per heavy atom. The molecule has 0 bridgehead atoms. The summed E-state index contributed by atoms with van der Waals surface area (Å²) in [4.78, 5) is 2.17. The fourth-order valence-corrected chi connectivity index (χ4v) is 1.23.